The first-order chi connectivity index (χ1) is 9.77. The van der Waals surface area contributed by atoms with Gasteiger partial charge in [0, 0.05) is 26.4 Å². The number of aromatic nitrogens is 1. The standard InChI is InChI=1S/C15H24N2O3/c1-20-11-10-16-8-5-7-14(16)15(19)17-9-4-2-3-6-13(17)12-18/h5,7-8,13,18H,2-4,6,9-12H2,1H3. The molecule has 1 aromatic heterocycles. The molecule has 2 heterocycles. The number of amides is 1. The van der Waals surface area contributed by atoms with Gasteiger partial charge in [-0.2, -0.15) is 0 Å². The highest BCUT2D eigenvalue weighted by Crippen LogP contribution is 2.19. The molecule has 0 spiro atoms. The SMILES string of the molecule is COCCn1cccc1C(=O)N1CCCCCC1CO. The van der Waals surface area contributed by atoms with Gasteiger partial charge in [0.1, 0.15) is 5.69 Å². The van der Waals surface area contributed by atoms with Crippen molar-refractivity contribution in [2.45, 2.75) is 38.3 Å². The number of hydrogen-bond acceptors (Lipinski definition) is 3. The average molecular weight is 280 g/mol. The van der Waals surface area contributed by atoms with Crippen molar-refractivity contribution in [1.82, 2.24) is 9.47 Å². The van der Waals surface area contributed by atoms with E-state index in [0.29, 0.717) is 18.8 Å². The Balaban J connectivity index is 2.14. The van der Waals surface area contributed by atoms with Gasteiger partial charge in [-0.15, -0.1) is 0 Å². The van der Waals surface area contributed by atoms with Gasteiger partial charge in [0.2, 0.25) is 0 Å². The van der Waals surface area contributed by atoms with Gasteiger partial charge in [-0.25, -0.2) is 0 Å². The summed E-state index contributed by atoms with van der Waals surface area (Å²) in [6.45, 7) is 2.03. The molecule has 1 aliphatic rings. The molecule has 1 N–H and O–H groups in total. The maximum absolute atomic E-state index is 12.7. The lowest BCUT2D eigenvalue weighted by Gasteiger charge is -2.29. The van der Waals surface area contributed by atoms with E-state index < -0.39 is 0 Å². The Morgan fingerprint density at radius 3 is 3.05 bits per heavy atom. The zero-order valence-corrected chi connectivity index (χ0v) is 12.1. The van der Waals surface area contributed by atoms with Crippen LogP contribution in [-0.4, -0.2) is 53.4 Å². The van der Waals surface area contributed by atoms with Crippen molar-refractivity contribution in [1.29, 1.82) is 0 Å². The molecule has 0 saturated carbocycles. The lowest BCUT2D eigenvalue weighted by Crippen LogP contribution is -2.42. The molecular weight excluding hydrogens is 256 g/mol. The summed E-state index contributed by atoms with van der Waals surface area (Å²) in [5.41, 5.74) is 0.683. The lowest BCUT2D eigenvalue weighted by molar-refractivity contribution is 0.0587. The molecule has 5 heteroatoms. The van der Waals surface area contributed by atoms with Crippen molar-refractivity contribution in [3.63, 3.8) is 0 Å². The van der Waals surface area contributed by atoms with E-state index in [1.54, 1.807) is 7.11 Å². The smallest absolute Gasteiger partial charge is 0.270 e. The molecule has 1 aliphatic heterocycles. The third kappa shape index (κ3) is 3.41. The fourth-order valence-corrected chi connectivity index (χ4v) is 2.77. The van der Waals surface area contributed by atoms with Crippen LogP contribution in [0, 0.1) is 0 Å². The van der Waals surface area contributed by atoms with Crippen LogP contribution in [-0.2, 0) is 11.3 Å². The molecule has 0 radical (unpaired) electrons. The van der Waals surface area contributed by atoms with Crippen LogP contribution in [0.4, 0.5) is 0 Å². The van der Waals surface area contributed by atoms with E-state index in [4.69, 9.17) is 4.74 Å². The molecule has 0 aliphatic carbocycles. The Hall–Kier alpha value is -1.33. The molecule has 0 aromatic carbocycles. The number of likely N-dealkylation sites (tertiary alicyclic amines) is 1. The number of carbonyl (C=O) groups is 1. The highest BCUT2D eigenvalue weighted by molar-refractivity contribution is 5.93. The van der Waals surface area contributed by atoms with E-state index in [-0.39, 0.29) is 18.6 Å². The minimum absolute atomic E-state index is 0.0204. The minimum atomic E-state index is -0.0456. The third-order valence-corrected chi connectivity index (χ3v) is 3.93. The average Bonchev–Trinajstić information content (AvgIpc) is 2.80. The topological polar surface area (TPSA) is 54.7 Å². The van der Waals surface area contributed by atoms with Crippen molar-refractivity contribution in [2.75, 3.05) is 26.9 Å². The summed E-state index contributed by atoms with van der Waals surface area (Å²) in [6, 6.07) is 3.68. The Kier molecular flexibility index (Phi) is 5.61. The Labute approximate surface area is 120 Å². The first-order valence-corrected chi connectivity index (χ1v) is 7.34. The summed E-state index contributed by atoms with van der Waals surface area (Å²) in [5, 5.41) is 9.52. The third-order valence-electron chi connectivity index (χ3n) is 3.93. The van der Waals surface area contributed by atoms with E-state index in [1.165, 1.54) is 0 Å². The van der Waals surface area contributed by atoms with Crippen molar-refractivity contribution in [3.05, 3.63) is 24.0 Å². The normalized spacial score (nSPS) is 19.9. The number of methoxy groups -OCH3 is 1. The zero-order chi connectivity index (χ0) is 14.4. The van der Waals surface area contributed by atoms with E-state index in [1.807, 2.05) is 27.8 Å². The largest absolute Gasteiger partial charge is 0.394 e. The molecular formula is C15H24N2O3. The van der Waals surface area contributed by atoms with Crippen LogP contribution in [0.25, 0.3) is 0 Å². The number of aliphatic hydroxyl groups is 1. The summed E-state index contributed by atoms with van der Waals surface area (Å²) >= 11 is 0. The summed E-state index contributed by atoms with van der Waals surface area (Å²) in [4.78, 5) is 14.6. The molecule has 1 atom stereocenters. The van der Waals surface area contributed by atoms with E-state index in [2.05, 4.69) is 0 Å². The second kappa shape index (κ2) is 7.45. The van der Waals surface area contributed by atoms with E-state index in [0.717, 1.165) is 32.2 Å². The van der Waals surface area contributed by atoms with Gasteiger partial charge < -0.3 is 19.3 Å². The van der Waals surface area contributed by atoms with Crippen molar-refractivity contribution in [2.24, 2.45) is 0 Å². The molecule has 112 valence electrons. The number of rotatable bonds is 5. The second-order valence-corrected chi connectivity index (χ2v) is 5.26. The first kappa shape index (κ1) is 15.1. The van der Waals surface area contributed by atoms with Gasteiger partial charge in [-0.3, -0.25) is 4.79 Å². The van der Waals surface area contributed by atoms with Gasteiger partial charge in [-0.1, -0.05) is 12.8 Å². The predicted octanol–water partition coefficient (Wildman–Crippen LogP) is 1.51. The summed E-state index contributed by atoms with van der Waals surface area (Å²) in [5.74, 6) is 0.0204. The summed E-state index contributed by atoms with van der Waals surface area (Å²) in [6.07, 6.45) is 6.02. The number of carbonyl (C=O) groups excluding carboxylic acids is 1. The Bertz CT molecular complexity index is 431. The molecule has 5 nitrogen and oxygen atoms in total. The van der Waals surface area contributed by atoms with Crippen LogP contribution >= 0.6 is 0 Å². The first-order valence-electron chi connectivity index (χ1n) is 7.34. The van der Waals surface area contributed by atoms with Crippen LogP contribution in [0.15, 0.2) is 18.3 Å². The number of hydrogen-bond donors (Lipinski definition) is 1. The van der Waals surface area contributed by atoms with Gasteiger partial charge in [0.05, 0.1) is 19.3 Å². The van der Waals surface area contributed by atoms with Gasteiger partial charge >= 0.3 is 0 Å². The minimum Gasteiger partial charge on any atom is -0.394 e. The Morgan fingerprint density at radius 2 is 2.30 bits per heavy atom. The number of nitrogens with zero attached hydrogens (tertiary/aromatic N) is 2. The molecule has 1 saturated heterocycles. The van der Waals surface area contributed by atoms with Gasteiger partial charge in [-0.05, 0) is 25.0 Å². The number of ether oxygens (including phenoxy) is 1. The van der Waals surface area contributed by atoms with Crippen LogP contribution < -0.4 is 0 Å². The van der Waals surface area contributed by atoms with Crippen LogP contribution in [0.5, 0.6) is 0 Å². The van der Waals surface area contributed by atoms with Crippen molar-refractivity contribution < 1.29 is 14.6 Å². The summed E-state index contributed by atoms with van der Waals surface area (Å²) in [7, 11) is 1.65. The molecule has 1 amide bonds. The summed E-state index contributed by atoms with van der Waals surface area (Å²) < 4.78 is 6.99. The van der Waals surface area contributed by atoms with E-state index in [9.17, 15) is 9.90 Å². The maximum Gasteiger partial charge on any atom is 0.270 e. The van der Waals surface area contributed by atoms with Crippen LogP contribution in [0.1, 0.15) is 36.2 Å². The highest BCUT2D eigenvalue weighted by Gasteiger charge is 2.27. The fraction of sp³-hybridized carbons (Fsp3) is 0.667. The predicted molar refractivity (Wildman–Crippen MR) is 76.7 cm³/mol. The maximum atomic E-state index is 12.7. The molecule has 0 bridgehead atoms. The molecule has 1 unspecified atom stereocenters. The van der Waals surface area contributed by atoms with E-state index >= 15 is 0 Å². The molecule has 1 aromatic rings. The lowest BCUT2D eigenvalue weighted by atomic mass is 10.1. The number of aliphatic hydroxyl groups excluding tert-OH is 1. The molecule has 1 fully saturated rings. The highest BCUT2D eigenvalue weighted by atomic mass is 16.5. The van der Waals surface area contributed by atoms with Crippen LogP contribution in [0.2, 0.25) is 0 Å². The van der Waals surface area contributed by atoms with Crippen molar-refractivity contribution >= 4 is 5.91 Å². The fourth-order valence-electron chi connectivity index (χ4n) is 2.77. The van der Waals surface area contributed by atoms with Crippen molar-refractivity contribution in [3.8, 4) is 0 Å². The monoisotopic (exact) mass is 280 g/mol. The van der Waals surface area contributed by atoms with Gasteiger partial charge in [0.15, 0.2) is 0 Å². The van der Waals surface area contributed by atoms with Gasteiger partial charge in [0.25, 0.3) is 5.91 Å². The molecule has 2 rings (SSSR count). The second-order valence-electron chi connectivity index (χ2n) is 5.26. The van der Waals surface area contributed by atoms with Crippen LogP contribution in [0.3, 0.4) is 0 Å². The molecule has 20 heavy (non-hydrogen) atoms. The quantitative estimate of drug-likeness (QED) is 0.889. The Morgan fingerprint density at radius 1 is 1.45 bits per heavy atom. The zero-order valence-electron chi connectivity index (χ0n) is 12.1.